The van der Waals surface area contributed by atoms with Gasteiger partial charge in [0.15, 0.2) is 6.35 Å². The topological polar surface area (TPSA) is 98.8 Å². The third-order valence-electron chi connectivity index (χ3n) is 6.16. The first-order valence-corrected chi connectivity index (χ1v) is 11.8. The average Bonchev–Trinajstić information content (AvgIpc) is 2.91. The molecule has 8 nitrogen and oxygen atoms in total. The molecule has 1 aliphatic rings. The van der Waals surface area contributed by atoms with Gasteiger partial charge in [-0.15, -0.1) is 0 Å². The summed E-state index contributed by atoms with van der Waals surface area (Å²) >= 11 is 0. The molecule has 4 N–H and O–H groups in total. The molecule has 1 unspecified atom stereocenters. The number of methoxy groups -OCH3 is 1. The van der Waals surface area contributed by atoms with Crippen LogP contribution >= 0.6 is 0 Å². The minimum atomic E-state index is -0.954. The van der Waals surface area contributed by atoms with Crippen molar-refractivity contribution in [2.24, 2.45) is 0 Å². The van der Waals surface area contributed by atoms with E-state index in [0.29, 0.717) is 24.6 Å². The van der Waals surface area contributed by atoms with Crippen molar-refractivity contribution < 1.29 is 23.4 Å². The van der Waals surface area contributed by atoms with Crippen LogP contribution in [-0.2, 0) is 13.1 Å². The molecule has 0 spiro atoms. The third-order valence-corrected chi connectivity index (χ3v) is 6.16. The standard InChI is InChI=1S/C28H25F2N5O3/c1-38-21-8-5-17(6-9-21)15-35-16-22-24(11-12-31-26(22)34-28(35)37)33-25-10-7-20(14-23(25)30)32-27(36)18-3-2-4-19(29)13-18/h2-14,28,37H,15-16H2,1H3,(H,32,36)(H2,31,33,34). The van der Waals surface area contributed by atoms with Crippen molar-refractivity contribution in [1.82, 2.24) is 9.88 Å². The van der Waals surface area contributed by atoms with Gasteiger partial charge in [-0.3, -0.25) is 9.69 Å². The number of nitrogens with one attached hydrogen (secondary N) is 3. The number of ether oxygens (including phenoxy) is 1. The molecule has 0 bridgehead atoms. The predicted molar refractivity (Wildman–Crippen MR) is 140 cm³/mol. The van der Waals surface area contributed by atoms with E-state index in [1.165, 1.54) is 30.3 Å². The van der Waals surface area contributed by atoms with Gasteiger partial charge in [0.25, 0.3) is 5.91 Å². The number of nitrogens with zero attached hydrogens (tertiary/aromatic N) is 2. The van der Waals surface area contributed by atoms with Gasteiger partial charge in [0.1, 0.15) is 23.2 Å². The molecule has 5 rings (SSSR count). The Morgan fingerprint density at radius 3 is 2.66 bits per heavy atom. The molecule has 10 heteroatoms. The summed E-state index contributed by atoms with van der Waals surface area (Å²) in [7, 11) is 1.60. The van der Waals surface area contributed by atoms with Gasteiger partial charge >= 0.3 is 0 Å². The number of aliphatic hydroxyl groups is 1. The monoisotopic (exact) mass is 517 g/mol. The molecular weight excluding hydrogens is 492 g/mol. The van der Waals surface area contributed by atoms with Crippen LogP contribution in [0.5, 0.6) is 5.75 Å². The van der Waals surface area contributed by atoms with Gasteiger partial charge in [-0.05, 0) is 60.2 Å². The number of fused-ring (bicyclic) bond motifs is 1. The maximum Gasteiger partial charge on any atom is 0.255 e. The zero-order chi connectivity index (χ0) is 26.6. The van der Waals surface area contributed by atoms with E-state index in [1.54, 1.807) is 25.4 Å². The summed E-state index contributed by atoms with van der Waals surface area (Å²) in [5.41, 5.74) is 2.91. The van der Waals surface area contributed by atoms with Crippen molar-refractivity contribution in [3.63, 3.8) is 0 Å². The number of pyridine rings is 1. The van der Waals surface area contributed by atoms with Crippen molar-refractivity contribution in [3.05, 3.63) is 107 Å². The van der Waals surface area contributed by atoms with Crippen LogP contribution in [0.2, 0.25) is 0 Å². The maximum absolute atomic E-state index is 15.0. The number of benzene rings is 3. The predicted octanol–water partition coefficient (Wildman–Crippen LogP) is 5.07. The summed E-state index contributed by atoms with van der Waals surface area (Å²) < 4.78 is 33.6. The molecule has 194 valence electrons. The number of carbonyl (C=O) groups excluding carboxylic acids is 1. The summed E-state index contributed by atoms with van der Waals surface area (Å²) in [4.78, 5) is 18.5. The van der Waals surface area contributed by atoms with Gasteiger partial charge in [-0.1, -0.05) is 18.2 Å². The van der Waals surface area contributed by atoms with Gasteiger partial charge in [-0.2, -0.15) is 0 Å². The molecule has 0 fully saturated rings. The Morgan fingerprint density at radius 2 is 1.92 bits per heavy atom. The quantitative estimate of drug-likeness (QED) is 0.272. The highest BCUT2D eigenvalue weighted by molar-refractivity contribution is 6.04. The molecule has 0 aliphatic carbocycles. The Kier molecular flexibility index (Phi) is 7.16. The van der Waals surface area contributed by atoms with Gasteiger partial charge in [0, 0.05) is 41.8 Å². The number of halogens is 2. The zero-order valence-corrected chi connectivity index (χ0v) is 20.4. The first-order valence-electron chi connectivity index (χ1n) is 11.8. The fourth-order valence-corrected chi connectivity index (χ4v) is 4.18. The van der Waals surface area contributed by atoms with Crippen LogP contribution in [0.3, 0.4) is 0 Å². The van der Waals surface area contributed by atoms with E-state index in [-0.39, 0.29) is 16.9 Å². The lowest BCUT2D eigenvalue weighted by Crippen LogP contribution is -2.44. The van der Waals surface area contributed by atoms with E-state index in [0.717, 1.165) is 22.9 Å². The summed E-state index contributed by atoms with van der Waals surface area (Å²) in [6, 6.07) is 18.8. The number of amides is 1. The normalized spacial score (nSPS) is 14.8. The van der Waals surface area contributed by atoms with Crippen molar-refractivity contribution >= 4 is 28.8 Å². The van der Waals surface area contributed by atoms with E-state index in [9.17, 15) is 14.3 Å². The van der Waals surface area contributed by atoms with Crippen LogP contribution in [0.4, 0.5) is 31.7 Å². The highest BCUT2D eigenvalue weighted by atomic mass is 19.1. The summed E-state index contributed by atoms with van der Waals surface area (Å²) in [6.45, 7) is 0.815. The van der Waals surface area contributed by atoms with Crippen LogP contribution in [0.25, 0.3) is 0 Å². The molecule has 0 saturated carbocycles. The van der Waals surface area contributed by atoms with E-state index >= 15 is 4.39 Å². The van der Waals surface area contributed by atoms with Crippen molar-refractivity contribution in [3.8, 4) is 5.75 Å². The number of hydrogen-bond donors (Lipinski definition) is 4. The lowest BCUT2D eigenvalue weighted by molar-refractivity contribution is 0.00769. The lowest BCUT2D eigenvalue weighted by Gasteiger charge is -2.35. The molecule has 1 atom stereocenters. The summed E-state index contributed by atoms with van der Waals surface area (Å²) in [5.74, 6) is -0.434. The number of carbonyl (C=O) groups is 1. The Bertz CT molecular complexity index is 1470. The number of aromatic nitrogens is 1. The van der Waals surface area contributed by atoms with Crippen molar-refractivity contribution in [1.29, 1.82) is 0 Å². The smallest absolute Gasteiger partial charge is 0.255 e. The van der Waals surface area contributed by atoms with Gasteiger partial charge in [0.05, 0.1) is 12.8 Å². The highest BCUT2D eigenvalue weighted by Crippen LogP contribution is 2.33. The Labute approximate surface area is 217 Å². The fraction of sp³-hybridized carbons (Fsp3) is 0.143. The summed E-state index contributed by atoms with van der Waals surface area (Å²) in [6.07, 6.45) is 0.607. The Hall–Kier alpha value is -4.54. The Balaban J connectivity index is 1.31. The fourth-order valence-electron chi connectivity index (χ4n) is 4.18. The number of rotatable bonds is 7. The Morgan fingerprint density at radius 1 is 1.11 bits per heavy atom. The second-order valence-electron chi connectivity index (χ2n) is 8.74. The first kappa shape index (κ1) is 25.1. The van der Waals surface area contributed by atoms with E-state index in [1.807, 2.05) is 29.2 Å². The second kappa shape index (κ2) is 10.8. The zero-order valence-electron chi connectivity index (χ0n) is 20.4. The molecule has 4 aromatic rings. The number of anilines is 4. The van der Waals surface area contributed by atoms with Gasteiger partial charge in [0.2, 0.25) is 0 Å². The largest absolute Gasteiger partial charge is 0.497 e. The summed E-state index contributed by atoms with van der Waals surface area (Å²) in [5, 5.41) is 19.3. The number of hydrogen-bond acceptors (Lipinski definition) is 7. The molecule has 1 aromatic heterocycles. The van der Waals surface area contributed by atoms with Crippen molar-refractivity contribution in [2.45, 2.75) is 19.4 Å². The SMILES string of the molecule is COc1ccc(CN2Cc3c(Nc4ccc(NC(=O)c5cccc(F)c5)cc4F)ccnc3NC2O)cc1. The number of aliphatic hydroxyl groups excluding tert-OH is 1. The minimum Gasteiger partial charge on any atom is -0.497 e. The molecule has 38 heavy (non-hydrogen) atoms. The highest BCUT2D eigenvalue weighted by Gasteiger charge is 2.27. The van der Waals surface area contributed by atoms with Crippen LogP contribution in [0, 0.1) is 11.6 Å². The second-order valence-corrected chi connectivity index (χ2v) is 8.74. The molecule has 1 amide bonds. The molecule has 2 heterocycles. The average molecular weight is 518 g/mol. The lowest BCUT2D eigenvalue weighted by atomic mass is 10.1. The first-order chi connectivity index (χ1) is 18.4. The maximum atomic E-state index is 15.0. The van der Waals surface area contributed by atoms with Crippen LogP contribution < -0.4 is 20.7 Å². The van der Waals surface area contributed by atoms with Crippen LogP contribution in [-0.4, -0.2) is 34.4 Å². The third kappa shape index (κ3) is 5.56. The van der Waals surface area contributed by atoms with Gasteiger partial charge < -0.3 is 25.8 Å². The van der Waals surface area contributed by atoms with Crippen LogP contribution in [0.15, 0.2) is 79.0 Å². The minimum absolute atomic E-state index is 0.130. The molecule has 0 radical (unpaired) electrons. The molecule has 0 saturated heterocycles. The van der Waals surface area contributed by atoms with Crippen molar-refractivity contribution in [2.75, 3.05) is 23.1 Å². The van der Waals surface area contributed by atoms with Crippen LogP contribution in [0.1, 0.15) is 21.5 Å². The van der Waals surface area contributed by atoms with E-state index < -0.39 is 23.9 Å². The molecule has 1 aliphatic heterocycles. The van der Waals surface area contributed by atoms with E-state index in [4.69, 9.17) is 4.74 Å². The van der Waals surface area contributed by atoms with Gasteiger partial charge in [-0.25, -0.2) is 13.8 Å². The molecular formula is C28H25F2N5O3. The molecule has 3 aromatic carbocycles. The van der Waals surface area contributed by atoms with E-state index in [2.05, 4.69) is 20.9 Å².